The van der Waals surface area contributed by atoms with Crippen molar-refractivity contribution in [2.45, 2.75) is 13.3 Å². The minimum Gasteiger partial charge on any atom is -0.480 e. The SMILES string of the molecule is CCCN(CC(=O)O)c1ncnc2ccc(I)cc12. The molecule has 1 N–H and O–H groups in total. The van der Waals surface area contributed by atoms with Crippen LogP contribution >= 0.6 is 22.6 Å². The Morgan fingerprint density at radius 1 is 1.42 bits per heavy atom. The molecule has 2 aromatic rings. The summed E-state index contributed by atoms with van der Waals surface area (Å²) in [5.74, 6) is -0.168. The average molecular weight is 371 g/mol. The van der Waals surface area contributed by atoms with Gasteiger partial charge >= 0.3 is 5.97 Å². The van der Waals surface area contributed by atoms with Crippen LogP contribution in [0.2, 0.25) is 0 Å². The molecule has 1 aromatic heterocycles. The first-order valence-electron chi connectivity index (χ1n) is 5.99. The second-order valence-electron chi connectivity index (χ2n) is 4.17. The first kappa shape index (κ1) is 14.0. The van der Waals surface area contributed by atoms with Gasteiger partial charge in [0, 0.05) is 15.5 Å². The Kier molecular flexibility index (Phi) is 4.52. The van der Waals surface area contributed by atoms with Crippen LogP contribution in [-0.4, -0.2) is 34.1 Å². The summed E-state index contributed by atoms with van der Waals surface area (Å²) in [6.07, 6.45) is 2.34. The summed E-state index contributed by atoms with van der Waals surface area (Å²) in [5.41, 5.74) is 0.830. The molecule has 0 aliphatic carbocycles. The molecule has 2 rings (SSSR count). The molecule has 5 nitrogen and oxygen atoms in total. The van der Waals surface area contributed by atoms with Crippen molar-refractivity contribution in [1.29, 1.82) is 0 Å². The molecule has 19 heavy (non-hydrogen) atoms. The van der Waals surface area contributed by atoms with Crippen LogP contribution in [0.4, 0.5) is 5.82 Å². The van der Waals surface area contributed by atoms with Crippen molar-refractivity contribution in [2.75, 3.05) is 18.0 Å². The minimum absolute atomic E-state index is 0.0502. The number of hydrogen-bond donors (Lipinski definition) is 1. The molecular formula is C13H14IN3O2. The summed E-state index contributed by atoms with van der Waals surface area (Å²) in [6, 6.07) is 5.88. The fraction of sp³-hybridized carbons (Fsp3) is 0.308. The third-order valence-electron chi connectivity index (χ3n) is 2.70. The number of halogens is 1. The summed E-state index contributed by atoms with van der Waals surface area (Å²) in [7, 11) is 0. The van der Waals surface area contributed by atoms with Crippen molar-refractivity contribution in [3.05, 3.63) is 28.1 Å². The maximum absolute atomic E-state index is 11.0. The van der Waals surface area contributed by atoms with E-state index in [0.717, 1.165) is 20.9 Å². The molecule has 1 heterocycles. The molecule has 0 bridgehead atoms. The summed E-state index contributed by atoms with van der Waals surface area (Å²) in [6.45, 7) is 2.62. The number of aliphatic carboxylic acids is 1. The van der Waals surface area contributed by atoms with Gasteiger partial charge in [-0.2, -0.15) is 0 Å². The number of carbonyl (C=O) groups is 1. The van der Waals surface area contributed by atoms with Crippen LogP contribution < -0.4 is 4.90 Å². The third-order valence-corrected chi connectivity index (χ3v) is 3.37. The standard InChI is InChI=1S/C13H14IN3O2/c1-2-5-17(7-12(18)19)13-10-6-9(14)3-4-11(10)15-8-16-13/h3-4,6,8H,2,5,7H2,1H3,(H,18,19). The molecule has 0 radical (unpaired) electrons. The smallest absolute Gasteiger partial charge is 0.323 e. The molecule has 100 valence electrons. The number of aromatic nitrogens is 2. The lowest BCUT2D eigenvalue weighted by molar-refractivity contribution is -0.135. The van der Waals surface area contributed by atoms with E-state index in [2.05, 4.69) is 32.6 Å². The van der Waals surface area contributed by atoms with E-state index in [-0.39, 0.29) is 6.54 Å². The fourth-order valence-electron chi connectivity index (χ4n) is 1.96. The molecule has 0 saturated carbocycles. The second-order valence-corrected chi connectivity index (χ2v) is 5.42. The lowest BCUT2D eigenvalue weighted by Crippen LogP contribution is -2.31. The van der Waals surface area contributed by atoms with Crippen LogP contribution in [-0.2, 0) is 4.79 Å². The monoisotopic (exact) mass is 371 g/mol. The van der Waals surface area contributed by atoms with Crippen LogP contribution in [0, 0.1) is 3.57 Å². The van der Waals surface area contributed by atoms with Gasteiger partial charge in [-0.25, -0.2) is 9.97 Å². The van der Waals surface area contributed by atoms with Crippen LogP contribution in [0.15, 0.2) is 24.5 Å². The molecule has 0 aliphatic heterocycles. The highest BCUT2D eigenvalue weighted by atomic mass is 127. The van der Waals surface area contributed by atoms with Gasteiger partial charge in [0.2, 0.25) is 0 Å². The lowest BCUT2D eigenvalue weighted by atomic mass is 10.2. The molecule has 6 heteroatoms. The molecule has 0 fully saturated rings. The van der Waals surface area contributed by atoms with E-state index in [9.17, 15) is 4.79 Å². The molecule has 0 amide bonds. The Hall–Kier alpha value is -1.44. The molecule has 0 spiro atoms. The van der Waals surface area contributed by atoms with Crippen molar-refractivity contribution >= 4 is 45.3 Å². The van der Waals surface area contributed by atoms with Crippen molar-refractivity contribution in [3.63, 3.8) is 0 Å². The summed E-state index contributed by atoms with van der Waals surface area (Å²) < 4.78 is 1.08. The molecule has 0 aliphatic rings. The van der Waals surface area contributed by atoms with Crippen LogP contribution in [0.1, 0.15) is 13.3 Å². The zero-order chi connectivity index (χ0) is 13.8. The number of hydrogen-bond acceptors (Lipinski definition) is 4. The van der Waals surface area contributed by atoms with Gasteiger partial charge < -0.3 is 10.0 Å². The first-order chi connectivity index (χ1) is 9.11. The molecule has 1 aromatic carbocycles. The van der Waals surface area contributed by atoms with E-state index in [0.29, 0.717) is 12.4 Å². The molecular weight excluding hydrogens is 357 g/mol. The van der Waals surface area contributed by atoms with E-state index >= 15 is 0 Å². The Morgan fingerprint density at radius 3 is 2.89 bits per heavy atom. The number of anilines is 1. The van der Waals surface area contributed by atoms with Gasteiger partial charge in [0.1, 0.15) is 18.7 Å². The zero-order valence-electron chi connectivity index (χ0n) is 10.5. The van der Waals surface area contributed by atoms with Crippen LogP contribution in [0.3, 0.4) is 0 Å². The second kappa shape index (κ2) is 6.14. The number of benzene rings is 1. The molecule has 0 atom stereocenters. The Morgan fingerprint density at radius 2 is 2.21 bits per heavy atom. The van der Waals surface area contributed by atoms with Crippen LogP contribution in [0.5, 0.6) is 0 Å². The number of carboxylic acid groups (broad SMARTS) is 1. The van der Waals surface area contributed by atoms with Crippen LogP contribution in [0.25, 0.3) is 10.9 Å². The van der Waals surface area contributed by atoms with E-state index < -0.39 is 5.97 Å². The van der Waals surface area contributed by atoms with Gasteiger partial charge in [-0.05, 0) is 47.2 Å². The predicted octanol–water partition coefficient (Wildman–Crippen LogP) is 2.54. The van der Waals surface area contributed by atoms with Crippen molar-refractivity contribution < 1.29 is 9.90 Å². The first-order valence-corrected chi connectivity index (χ1v) is 7.06. The number of rotatable bonds is 5. The van der Waals surface area contributed by atoms with Gasteiger partial charge in [0.25, 0.3) is 0 Å². The van der Waals surface area contributed by atoms with Gasteiger partial charge in [-0.15, -0.1) is 0 Å². The molecule has 0 saturated heterocycles. The Labute approximate surface area is 124 Å². The highest BCUT2D eigenvalue weighted by Crippen LogP contribution is 2.24. The third kappa shape index (κ3) is 3.31. The van der Waals surface area contributed by atoms with Gasteiger partial charge in [0.05, 0.1) is 5.52 Å². The van der Waals surface area contributed by atoms with Gasteiger partial charge in [0.15, 0.2) is 0 Å². The Balaban J connectivity index is 2.51. The Bertz CT molecular complexity index is 603. The highest BCUT2D eigenvalue weighted by molar-refractivity contribution is 14.1. The minimum atomic E-state index is -0.856. The van der Waals surface area contributed by atoms with Crippen molar-refractivity contribution in [2.24, 2.45) is 0 Å². The normalized spacial score (nSPS) is 10.6. The van der Waals surface area contributed by atoms with Crippen molar-refractivity contribution in [1.82, 2.24) is 9.97 Å². The summed E-state index contributed by atoms with van der Waals surface area (Å²) in [4.78, 5) is 21.2. The van der Waals surface area contributed by atoms with E-state index in [1.165, 1.54) is 6.33 Å². The van der Waals surface area contributed by atoms with Gasteiger partial charge in [-0.1, -0.05) is 6.92 Å². The van der Waals surface area contributed by atoms with Gasteiger partial charge in [-0.3, -0.25) is 4.79 Å². The fourth-order valence-corrected chi connectivity index (χ4v) is 2.45. The summed E-state index contributed by atoms with van der Waals surface area (Å²) >= 11 is 2.22. The maximum atomic E-state index is 11.0. The predicted molar refractivity (Wildman–Crippen MR) is 82.4 cm³/mol. The number of nitrogens with zero attached hydrogens (tertiary/aromatic N) is 3. The van der Waals surface area contributed by atoms with E-state index in [1.807, 2.05) is 25.1 Å². The highest BCUT2D eigenvalue weighted by Gasteiger charge is 2.14. The number of fused-ring (bicyclic) bond motifs is 1. The summed E-state index contributed by atoms with van der Waals surface area (Å²) in [5, 5.41) is 9.90. The van der Waals surface area contributed by atoms with E-state index in [4.69, 9.17) is 5.11 Å². The van der Waals surface area contributed by atoms with Crippen molar-refractivity contribution in [3.8, 4) is 0 Å². The topological polar surface area (TPSA) is 66.3 Å². The quantitative estimate of drug-likeness (QED) is 0.819. The average Bonchev–Trinajstić information content (AvgIpc) is 2.37. The largest absolute Gasteiger partial charge is 0.480 e. The number of carboxylic acids is 1. The zero-order valence-corrected chi connectivity index (χ0v) is 12.7. The van der Waals surface area contributed by atoms with E-state index in [1.54, 1.807) is 4.90 Å². The molecule has 0 unspecified atom stereocenters. The lowest BCUT2D eigenvalue weighted by Gasteiger charge is -2.22. The maximum Gasteiger partial charge on any atom is 0.323 e.